The first-order chi connectivity index (χ1) is 18.8. The van der Waals surface area contributed by atoms with Crippen molar-refractivity contribution < 1.29 is 19.1 Å². The lowest BCUT2D eigenvalue weighted by Crippen LogP contribution is -2.44. The Labute approximate surface area is 236 Å². The van der Waals surface area contributed by atoms with Gasteiger partial charge in [-0.1, -0.05) is 71.7 Å². The molecule has 0 aromatic heterocycles. The molecule has 202 valence electrons. The van der Waals surface area contributed by atoms with Gasteiger partial charge in [-0.25, -0.2) is 4.39 Å². The Morgan fingerprint density at radius 3 is 2.49 bits per heavy atom. The third-order valence-electron chi connectivity index (χ3n) is 8.78. The number of hydrogen-bond acceptors (Lipinski definition) is 4. The van der Waals surface area contributed by atoms with Gasteiger partial charge in [0.05, 0.1) is 23.2 Å². The van der Waals surface area contributed by atoms with Crippen molar-refractivity contribution in [1.82, 2.24) is 5.32 Å². The maximum Gasteiger partial charge on any atom is 0.237 e. The van der Waals surface area contributed by atoms with E-state index in [9.17, 15) is 14.7 Å². The van der Waals surface area contributed by atoms with Gasteiger partial charge >= 0.3 is 0 Å². The van der Waals surface area contributed by atoms with E-state index in [1.165, 1.54) is 6.07 Å². The van der Waals surface area contributed by atoms with Crippen LogP contribution in [0.4, 0.5) is 10.1 Å². The number of hydrogen-bond donors (Lipinski definition) is 3. The molecular formula is C31H29Cl2FN2O3. The van der Waals surface area contributed by atoms with E-state index >= 15 is 4.39 Å². The first kappa shape index (κ1) is 26.5. The smallest absolute Gasteiger partial charge is 0.237 e. The van der Waals surface area contributed by atoms with E-state index in [0.29, 0.717) is 29.1 Å². The van der Waals surface area contributed by atoms with Gasteiger partial charge in [0, 0.05) is 23.0 Å². The average molecular weight is 567 g/mol. The highest BCUT2D eigenvalue weighted by atomic mass is 35.5. The summed E-state index contributed by atoms with van der Waals surface area (Å²) in [5.41, 5.74) is 0.925. The third-order valence-corrected chi connectivity index (χ3v) is 9.31. The number of anilines is 1. The molecule has 3 aromatic rings. The van der Waals surface area contributed by atoms with E-state index in [4.69, 9.17) is 23.2 Å². The highest BCUT2D eigenvalue weighted by molar-refractivity contribution is 6.31. The fraction of sp³-hybridized carbons (Fsp3) is 0.355. The molecule has 0 bridgehead atoms. The standard InChI is InChI=1S/C31H29Cl2FN2O3/c32-19-11-14-22-24(16-19)35-30(39)31(22)26(21-7-4-8-23(33)27(21)34)28(36-29(31)18-5-2-1-3-6-18)25(38)15-17-9-12-20(37)13-10-17/h1-8,11,14,16-17,20,26,28-29,36-37H,9-10,12-13,15H2,(H,35,39)/t17?,20?,26-,28-,29-,31-/m0/s1. The van der Waals surface area contributed by atoms with Crippen molar-refractivity contribution in [1.29, 1.82) is 0 Å². The molecule has 1 spiro atoms. The summed E-state index contributed by atoms with van der Waals surface area (Å²) in [7, 11) is 0. The number of amides is 1. The van der Waals surface area contributed by atoms with Gasteiger partial charge in [0.25, 0.3) is 0 Å². The van der Waals surface area contributed by atoms with Crippen LogP contribution in [0.2, 0.25) is 10.0 Å². The summed E-state index contributed by atoms with van der Waals surface area (Å²) < 4.78 is 15.9. The molecule has 8 heteroatoms. The summed E-state index contributed by atoms with van der Waals surface area (Å²) in [4.78, 5) is 28.4. The molecule has 3 N–H and O–H groups in total. The lowest BCUT2D eigenvalue weighted by molar-refractivity contribution is -0.123. The maximum absolute atomic E-state index is 15.9. The predicted octanol–water partition coefficient (Wildman–Crippen LogP) is 6.33. The van der Waals surface area contributed by atoms with E-state index in [1.54, 1.807) is 30.3 Å². The Balaban J connectivity index is 1.54. The zero-order valence-corrected chi connectivity index (χ0v) is 22.7. The van der Waals surface area contributed by atoms with Crippen molar-refractivity contribution in [3.05, 3.63) is 99.3 Å². The Bertz CT molecular complexity index is 1430. The lowest BCUT2D eigenvalue weighted by atomic mass is 9.63. The van der Waals surface area contributed by atoms with Crippen LogP contribution >= 0.6 is 23.2 Å². The van der Waals surface area contributed by atoms with Crippen molar-refractivity contribution in [3.8, 4) is 0 Å². The van der Waals surface area contributed by atoms with E-state index in [1.807, 2.05) is 30.3 Å². The molecule has 1 saturated carbocycles. The van der Waals surface area contributed by atoms with Crippen LogP contribution in [-0.4, -0.2) is 28.9 Å². The highest BCUT2D eigenvalue weighted by Crippen LogP contribution is 2.60. The van der Waals surface area contributed by atoms with Crippen LogP contribution in [0.1, 0.15) is 60.8 Å². The minimum atomic E-state index is -1.34. The van der Waals surface area contributed by atoms with E-state index < -0.39 is 29.2 Å². The Morgan fingerprint density at radius 1 is 1.00 bits per heavy atom. The fourth-order valence-corrected chi connectivity index (χ4v) is 7.36. The highest BCUT2D eigenvalue weighted by Gasteiger charge is 2.66. The second-order valence-corrected chi connectivity index (χ2v) is 11.8. The number of aliphatic hydroxyl groups is 1. The van der Waals surface area contributed by atoms with Gasteiger partial charge in [-0.2, -0.15) is 0 Å². The number of nitrogens with one attached hydrogen (secondary N) is 2. The monoisotopic (exact) mass is 566 g/mol. The van der Waals surface area contributed by atoms with Crippen molar-refractivity contribution in [2.45, 2.75) is 61.6 Å². The molecule has 1 saturated heterocycles. The lowest BCUT2D eigenvalue weighted by Gasteiger charge is -2.36. The third kappa shape index (κ3) is 4.38. The summed E-state index contributed by atoms with van der Waals surface area (Å²) in [5, 5.41) is 16.9. The molecule has 2 heterocycles. The largest absolute Gasteiger partial charge is 0.393 e. The molecule has 1 aliphatic carbocycles. The number of rotatable bonds is 5. The molecule has 2 fully saturated rings. The summed E-state index contributed by atoms with van der Waals surface area (Å²) in [6, 6.07) is 18.0. The van der Waals surface area contributed by atoms with Crippen molar-refractivity contribution >= 4 is 40.6 Å². The summed E-state index contributed by atoms with van der Waals surface area (Å²) in [6.07, 6.45) is 2.79. The van der Waals surface area contributed by atoms with Crippen molar-refractivity contribution in [2.24, 2.45) is 5.92 Å². The van der Waals surface area contributed by atoms with E-state index in [2.05, 4.69) is 10.6 Å². The Hall–Kier alpha value is -2.77. The maximum atomic E-state index is 15.9. The molecule has 39 heavy (non-hydrogen) atoms. The topological polar surface area (TPSA) is 78.4 Å². The summed E-state index contributed by atoms with van der Waals surface area (Å²) >= 11 is 12.6. The molecule has 3 aromatic carbocycles. The van der Waals surface area contributed by atoms with Crippen molar-refractivity contribution in [2.75, 3.05) is 5.32 Å². The molecule has 0 unspecified atom stereocenters. The van der Waals surface area contributed by atoms with Crippen LogP contribution in [-0.2, 0) is 15.0 Å². The molecule has 4 atom stereocenters. The summed E-state index contributed by atoms with van der Waals surface area (Å²) in [6.45, 7) is 0. The quantitative estimate of drug-likeness (QED) is 0.337. The van der Waals surface area contributed by atoms with Crippen molar-refractivity contribution in [3.63, 3.8) is 0 Å². The minimum Gasteiger partial charge on any atom is -0.393 e. The number of carbonyl (C=O) groups excluding carboxylic acids is 2. The predicted molar refractivity (Wildman–Crippen MR) is 150 cm³/mol. The van der Waals surface area contributed by atoms with Gasteiger partial charge in [0.1, 0.15) is 11.2 Å². The first-order valence-electron chi connectivity index (χ1n) is 13.4. The average Bonchev–Trinajstić information content (AvgIpc) is 3.42. The molecular weight excluding hydrogens is 538 g/mol. The van der Waals surface area contributed by atoms with Gasteiger partial charge in [-0.3, -0.25) is 14.9 Å². The Morgan fingerprint density at radius 2 is 1.74 bits per heavy atom. The minimum absolute atomic E-state index is 0.0620. The van der Waals surface area contributed by atoms with Crippen LogP contribution in [0.25, 0.3) is 0 Å². The van der Waals surface area contributed by atoms with Gasteiger partial charge < -0.3 is 10.4 Å². The van der Waals surface area contributed by atoms with Crippen LogP contribution < -0.4 is 10.6 Å². The van der Waals surface area contributed by atoms with Crippen LogP contribution in [0.15, 0.2) is 66.7 Å². The Kier molecular flexibility index (Phi) is 7.00. The molecule has 6 rings (SSSR count). The SMILES string of the molecule is O=C(CC1CCC(O)CC1)[C@@H]1N[C@@H](c2ccccc2)[C@@]2(C(=O)Nc3cc(Cl)ccc32)[C@H]1c1cccc(Cl)c1F. The van der Waals surface area contributed by atoms with Crippen LogP contribution in [0.3, 0.4) is 0 Å². The first-order valence-corrected chi connectivity index (χ1v) is 14.1. The molecule has 2 aliphatic heterocycles. The number of Topliss-reactive ketones (excluding diaryl/α,β-unsaturated/α-hetero) is 1. The number of fused-ring (bicyclic) bond motifs is 2. The van der Waals surface area contributed by atoms with Gasteiger partial charge in [0.15, 0.2) is 5.78 Å². The second-order valence-electron chi connectivity index (χ2n) is 11.0. The molecule has 1 amide bonds. The number of carbonyl (C=O) groups is 2. The van der Waals surface area contributed by atoms with E-state index in [-0.39, 0.29) is 40.7 Å². The second kappa shape index (κ2) is 10.3. The van der Waals surface area contributed by atoms with Crippen LogP contribution in [0.5, 0.6) is 0 Å². The number of halogens is 3. The van der Waals surface area contributed by atoms with Crippen LogP contribution in [0, 0.1) is 11.7 Å². The van der Waals surface area contributed by atoms with Gasteiger partial charge in [-0.05, 0) is 66.5 Å². The van der Waals surface area contributed by atoms with Gasteiger partial charge in [0.2, 0.25) is 5.91 Å². The number of ketones is 1. The number of benzene rings is 3. The molecule has 3 aliphatic rings. The summed E-state index contributed by atoms with van der Waals surface area (Å²) in [5.74, 6) is -1.77. The molecule has 0 radical (unpaired) electrons. The molecule has 5 nitrogen and oxygen atoms in total. The zero-order valence-electron chi connectivity index (χ0n) is 21.2. The van der Waals surface area contributed by atoms with Gasteiger partial charge in [-0.15, -0.1) is 0 Å². The zero-order chi connectivity index (χ0) is 27.3. The normalized spacial score (nSPS) is 29.8. The fourth-order valence-electron chi connectivity index (χ4n) is 7.00. The van der Waals surface area contributed by atoms with E-state index in [0.717, 1.165) is 18.4 Å². The number of aliphatic hydroxyl groups excluding tert-OH is 1.